The fourth-order valence-corrected chi connectivity index (χ4v) is 4.83. The van der Waals surface area contributed by atoms with Crippen LogP contribution in [0, 0.1) is 13.8 Å². The monoisotopic (exact) mass is 419 g/mol. The number of imidazole rings is 1. The standard InChI is InChI=1S/C23H21N3O3S/c1-16-3-4-17(2)21(13-16)30(28,29)20-8-5-18(6-9-20)14-25-23(27)19-7-10-22-24-11-12-26(22)15-19/h3-13,15H,14H2,1-2H3,(H,25,27). The minimum absolute atomic E-state index is 0.210. The largest absolute Gasteiger partial charge is 0.348 e. The number of fused-ring (bicyclic) bond motifs is 1. The third kappa shape index (κ3) is 3.84. The van der Waals surface area contributed by atoms with E-state index in [1.54, 1.807) is 72.4 Å². The number of aromatic nitrogens is 2. The van der Waals surface area contributed by atoms with Crippen molar-refractivity contribution >= 4 is 21.4 Å². The van der Waals surface area contributed by atoms with E-state index in [-0.39, 0.29) is 10.8 Å². The van der Waals surface area contributed by atoms with Gasteiger partial charge in [0, 0.05) is 25.1 Å². The van der Waals surface area contributed by atoms with Crippen molar-refractivity contribution in [3.05, 3.63) is 95.4 Å². The highest BCUT2D eigenvalue weighted by Crippen LogP contribution is 2.25. The first-order chi connectivity index (χ1) is 14.3. The lowest BCUT2D eigenvalue weighted by Gasteiger charge is -2.10. The molecule has 4 rings (SSSR count). The van der Waals surface area contributed by atoms with Gasteiger partial charge in [0.2, 0.25) is 9.84 Å². The summed E-state index contributed by atoms with van der Waals surface area (Å²) in [5.41, 5.74) is 3.72. The van der Waals surface area contributed by atoms with Crippen LogP contribution in [-0.2, 0) is 16.4 Å². The summed E-state index contributed by atoms with van der Waals surface area (Å²) in [5.74, 6) is -0.210. The number of nitrogens with zero attached hydrogens (tertiary/aromatic N) is 2. The number of sulfone groups is 1. The Bertz CT molecular complexity index is 1340. The minimum atomic E-state index is -3.59. The van der Waals surface area contributed by atoms with E-state index in [4.69, 9.17) is 0 Å². The van der Waals surface area contributed by atoms with Crippen LogP contribution in [0.4, 0.5) is 0 Å². The zero-order chi connectivity index (χ0) is 21.3. The Morgan fingerprint density at radius 2 is 1.80 bits per heavy atom. The van der Waals surface area contributed by atoms with Gasteiger partial charge in [-0.1, -0.05) is 24.3 Å². The molecule has 0 atom stereocenters. The second-order valence-electron chi connectivity index (χ2n) is 7.21. The molecule has 0 aliphatic rings. The van der Waals surface area contributed by atoms with Gasteiger partial charge in [-0.2, -0.15) is 0 Å². The van der Waals surface area contributed by atoms with Crippen molar-refractivity contribution in [2.45, 2.75) is 30.2 Å². The Kier molecular flexibility index (Phi) is 5.13. The van der Waals surface area contributed by atoms with Gasteiger partial charge in [0.1, 0.15) is 5.65 Å². The second-order valence-corrected chi connectivity index (χ2v) is 9.13. The van der Waals surface area contributed by atoms with Crippen LogP contribution in [0.1, 0.15) is 27.0 Å². The molecule has 30 heavy (non-hydrogen) atoms. The van der Waals surface area contributed by atoms with Crippen molar-refractivity contribution in [1.29, 1.82) is 0 Å². The first kappa shape index (κ1) is 19.8. The van der Waals surface area contributed by atoms with Crippen LogP contribution < -0.4 is 5.32 Å². The molecule has 4 aromatic rings. The van der Waals surface area contributed by atoms with Crippen molar-refractivity contribution in [2.75, 3.05) is 0 Å². The van der Waals surface area contributed by atoms with E-state index < -0.39 is 9.84 Å². The van der Waals surface area contributed by atoms with Crippen LogP contribution in [0.3, 0.4) is 0 Å². The first-order valence-corrected chi connectivity index (χ1v) is 10.9. The van der Waals surface area contributed by atoms with Gasteiger partial charge in [-0.25, -0.2) is 13.4 Å². The van der Waals surface area contributed by atoms with E-state index in [0.29, 0.717) is 22.6 Å². The molecule has 0 saturated carbocycles. The van der Waals surface area contributed by atoms with E-state index in [2.05, 4.69) is 10.3 Å². The van der Waals surface area contributed by atoms with E-state index >= 15 is 0 Å². The molecule has 0 bridgehead atoms. The average molecular weight is 420 g/mol. The Balaban J connectivity index is 1.48. The molecule has 1 N–H and O–H groups in total. The molecule has 1 amide bonds. The van der Waals surface area contributed by atoms with Crippen molar-refractivity contribution in [2.24, 2.45) is 0 Å². The maximum atomic E-state index is 13.0. The van der Waals surface area contributed by atoms with Crippen LogP contribution in [0.15, 0.2) is 83.0 Å². The summed E-state index contributed by atoms with van der Waals surface area (Å²) >= 11 is 0. The quantitative estimate of drug-likeness (QED) is 0.535. The van der Waals surface area contributed by atoms with Gasteiger partial charge in [-0.15, -0.1) is 0 Å². The Labute approximate surface area is 175 Å². The maximum absolute atomic E-state index is 13.0. The molecule has 0 unspecified atom stereocenters. The van der Waals surface area contributed by atoms with E-state index in [1.807, 2.05) is 19.1 Å². The van der Waals surface area contributed by atoms with E-state index in [9.17, 15) is 13.2 Å². The lowest BCUT2D eigenvalue weighted by atomic mass is 10.2. The topological polar surface area (TPSA) is 80.5 Å². The molecule has 0 spiro atoms. The second kappa shape index (κ2) is 7.76. The SMILES string of the molecule is Cc1ccc(C)c(S(=O)(=O)c2ccc(CNC(=O)c3ccc4nccn4c3)cc2)c1. The van der Waals surface area contributed by atoms with Crippen molar-refractivity contribution in [1.82, 2.24) is 14.7 Å². The van der Waals surface area contributed by atoms with Crippen LogP contribution >= 0.6 is 0 Å². The smallest absolute Gasteiger partial charge is 0.253 e. The van der Waals surface area contributed by atoms with Gasteiger partial charge in [-0.3, -0.25) is 4.79 Å². The van der Waals surface area contributed by atoms with Gasteiger partial charge >= 0.3 is 0 Å². The summed E-state index contributed by atoms with van der Waals surface area (Å²) in [7, 11) is -3.59. The Morgan fingerprint density at radius 1 is 1.03 bits per heavy atom. The summed E-state index contributed by atoms with van der Waals surface area (Å²) in [6.45, 7) is 3.96. The number of hydrogen-bond donors (Lipinski definition) is 1. The predicted octanol–water partition coefficient (Wildman–Crippen LogP) is 3.71. The fraction of sp³-hybridized carbons (Fsp3) is 0.130. The lowest BCUT2D eigenvalue weighted by molar-refractivity contribution is 0.0950. The van der Waals surface area contributed by atoms with Gasteiger partial charge in [-0.05, 0) is 60.9 Å². The maximum Gasteiger partial charge on any atom is 0.253 e. The Hall–Kier alpha value is -3.45. The molecule has 7 heteroatoms. The molecule has 6 nitrogen and oxygen atoms in total. The summed E-state index contributed by atoms with van der Waals surface area (Å²) < 4.78 is 27.7. The highest BCUT2D eigenvalue weighted by Gasteiger charge is 2.20. The summed E-state index contributed by atoms with van der Waals surface area (Å²) in [4.78, 5) is 17.1. The van der Waals surface area contributed by atoms with Gasteiger partial charge in [0.05, 0.1) is 15.4 Å². The highest BCUT2D eigenvalue weighted by molar-refractivity contribution is 7.91. The lowest BCUT2D eigenvalue weighted by Crippen LogP contribution is -2.23. The van der Waals surface area contributed by atoms with Crippen LogP contribution in [-0.4, -0.2) is 23.7 Å². The average Bonchev–Trinajstić information content (AvgIpc) is 3.22. The fourth-order valence-electron chi connectivity index (χ4n) is 3.25. The number of rotatable bonds is 5. The predicted molar refractivity (Wildman–Crippen MR) is 114 cm³/mol. The molecule has 0 radical (unpaired) electrons. The third-order valence-corrected chi connectivity index (χ3v) is 6.88. The van der Waals surface area contributed by atoms with E-state index in [1.165, 1.54) is 0 Å². The molecule has 0 saturated heterocycles. The Morgan fingerprint density at radius 3 is 2.57 bits per heavy atom. The number of hydrogen-bond acceptors (Lipinski definition) is 4. The zero-order valence-electron chi connectivity index (χ0n) is 16.7. The van der Waals surface area contributed by atoms with Crippen LogP contribution in [0.2, 0.25) is 0 Å². The van der Waals surface area contributed by atoms with E-state index in [0.717, 1.165) is 16.8 Å². The van der Waals surface area contributed by atoms with Crippen LogP contribution in [0.25, 0.3) is 5.65 Å². The summed E-state index contributed by atoms with van der Waals surface area (Å²) in [6.07, 6.45) is 5.17. The summed E-state index contributed by atoms with van der Waals surface area (Å²) in [6, 6.07) is 15.5. The summed E-state index contributed by atoms with van der Waals surface area (Å²) in [5, 5.41) is 2.86. The molecule has 0 aliphatic heterocycles. The zero-order valence-corrected chi connectivity index (χ0v) is 17.5. The normalized spacial score (nSPS) is 11.5. The molecule has 2 heterocycles. The van der Waals surface area contributed by atoms with Crippen molar-refractivity contribution in [3.63, 3.8) is 0 Å². The number of aryl methyl sites for hydroxylation is 2. The number of carbonyl (C=O) groups is 1. The third-order valence-electron chi connectivity index (χ3n) is 4.97. The molecule has 2 aromatic carbocycles. The minimum Gasteiger partial charge on any atom is -0.348 e. The van der Waals surface area contributed by atoms with Gasteiger partial charge in [0.25, 0.3) is 5.91 Å². The molecular formula is C23H21N3O3S. The molecule has 0 fully saturated rings. The van der Waals surface area contributed by atoms with Gasteiger partial charge < -0.3 is 9.72 Å². The number of benzene rings is 2. The molecular weight excluding hydrogens is 398 g/mol. The first-order valence-electron chi connectivity index (χ1n) is 9.47. The van der Waals surface area contributed by atoms with Crippen molar-refractivity contribution in [3.8, 4) is 0 Å². The van der Waals surface area contributed by atoms with Crippen molar-refractivity contribution < 1.29 is 13.2 Å². The number of nitrogens with one attached hydrogen (secondary N) is 1. The number of pyridine rings is 1. The van der Waals surface area contributed by atoms with Gasteiger partial charge in [0.15, 0.2) is 0 Å². The molecule has 2 aromatic heterocycles. The number of carbonyl (C=O) groups excluding carboxylic acids is 1. The molecule has 152 valence electrons. The molecule has 0 aliphatic carbocycles. The van der Waals surface area contributed by atoms with Crippen LogP contribution in [0.5, 0.6) is 0 Å². The highest BCUT2D eigenvalue weighted by atomic mass is 32.2. The number of amides is 1.